The molecule has 0 saturated heterocycles. The molecule has 0 fully saturated rings. The first kappa shape index (κ1) is 23.5. The standard InChI is InChI=1S/C21H27N3O3.ClH/c1-21(2,13-22)14-24(3)20(26)17-7-5-6-8-18(17)23-19(25)15-9-11-16(27-4)12-10-15;/h5-12H,13-14,22H2,1-4H3,(H,23,25);1H. The van der Waals surface area contributed by atoms with Gasteiger partial charge in [-0.05, 0) is 48.4 Å². The third-order valence-electron chi connectivity index (χ3n) is 4.32. The van der Waals surface area contributed by atoms with Crippen LogP contribution in [0.2, 0.25) is 0 Å². The van der Waals surface area contributed by atoms with E-state index < -0.39 is 0 Å². The fourth-order valence-corrected chi connectivity index (χ4v) is 2.70. The highest BCUT2D eigenvalue weighted by molar-refractivity contribution is 6.09. The molecule has 7 heteroatoms. The predicted octanol–water partition coefficient (Wildman–Crippen LogP) is 3.43. The van der Waals surface area contributed by atoms with Crippen LogP contribution in [0.1, 0.15) is 34.6 Å². The van der Waals surface area contributed by atoms with E-state index in [1.54, 1.807) is 67.6 Å². The maximum atomic E-state index is 12.9. The highest BCUT2D eigenvalue weighted by Crippen LogP contribution is 2.21. The summed E-state index contributed by atoms with van der Waals surface area (Å²) in [5, 5.41) is 2.82. The molecule has 2 aromatic rings. The summed E-state index contributed by atoms with van der Waals surface area (Å²) in [6.45, 7) is 5.01. The van der Waals surface area contributed by atoms with Gasteiger partial charge in [0.1, 0.15) is 5.75 Å². The van der Waals surface area contributed by atoms with Crippen LogP contribution in [-0.2, 0) is 0 Å². The summed E-state index contributed by atoms with van der Waals surface area (Å²) in [5.74, 6) is 0.219. The molecule has 0 spiro atoms. The number of amides is 2. The van der Waals surface area contributed by atoms with Crippen LogP contribution in [0.3, 0.4) is 0 Å². The number of nitrogens with zero attached hydrogens (tertiary/aromatic N) is 1. The van der Waals surface area contributed by atoms with Crippen LogP contribution in [0.25, 0.3) is 0 Å². The average Bonchev–Trinajstić information content (AvgIpc) is 2.67. The minimum atomic E-state index is -0.289. The summed E-state index contributed by atoms with van der Waals surface area (Å²) in [4.78, 5) is 27.0. The normalized spacial score (nSPS) is 10.6. The van der Waals surface area contributed by atoms with Gasteiger partial charge in [0, 0.05) is 19.2 Å². The maximum Gasteiger partial charge on any atom is 0.255 e. The van der Waals surface area contributed by atoms with E-state index in [4.69, 9.17) is 10.5 Å². The lowest BCUT2D eigenvalue weighted by Gasteiger charge is -2.29. The van der Waals surface area contributed by atoms with Crippen molar-refractivity contribution in [1.29, 1.82) is 0 Å². The Bertz CT molecular complexity index is 807. The van der Waals surface area contributed by atoms with Gasteiger partial charge in [0.2, 0.25) is 0 Å². The first-order valence-electron chi connectivity index (χ1n) is 8.77. The molecule has 0 aliphatic rings. The monoisotopic (exact) mass is 405 g/mol. The molecule has 2 amide bonds. The van der Waals surface area contributed by atoms with Crippen LogP contribution < -0.4 is 15.8 Å². The van der Waals surface area contributed by atoms with E-state index in [9.17, 15) is 9.59 Å². The molecule has 3 N–H and O–H groups in total. The summed E-state index contributed by atoms with van der Waals surface area (Å²) in [7, 11) is 3.31. The Balaban J connectivity index is 0.00000392. The highest BCUT2D eigenvalue weighted by atomic mass is 35.5. The first-order valence-corrected chi connectivity index (χ1v) is 8.77. The minimum absolute atomic E-state index is 0. The van der Waals surface area contributed by atoms with E-state index >= 15 is 0 Å². The van der Waals surface area contributed by atoms with Gasteiger partial charge in [-0.1, -0.05) is 26.0 Å². The number of carbonyl (C=O) groups excluding carboxylic acids is 2. The van der Waals surface area contributed by atoms with Crippen molar-refractivity contribution in [3.05, 3.63) is 59.7 Å². The number of nitrogens with two attached hydrogens (primary N) is 1. The molecule has 0 aromatic heterocycles. The van der Waals surface area contributed by atoms with Gasteiger partial charge in [-0.3, -0.25) is 9.59 Å². The van der Waals surface area contributed by atoms with E-state index in [2.05, 4.69) is 5.32 Å². The molecule has 0 bridgehead atoms. The summed E-state index contributed by atoms with van der Waals surface area (Å²) in [5.41, 5.74) is 6.98. The summed E-state index contributed by atoms with van der Waals surface area (Å²) < 4.78 is 5.10. The molecule has 0 aliphatic heterocycles. The minimum Gasteiger partial charge on any atom is -0.497 e. The lowest BCUT2D eigenvalue weighted by atomic mass is 9.93. The SMILES string of the molecule is COc1ccc(C(=O)Nc2ccccc2C(=O)N(C)CC(C)(C)CN)cc1.Cl. The number of hydrogen-bond acceptors (Lipinski definition) is 4. The van der Waals surface area contributed by atoms with Gasteiger partial charge < -0.3 is 20.7 Å². The highest BCUT2D eigenvalue weighted by Gasteiger charge is 2.23. The molecule has 0 saturated carbocycles. The second-order valence-electron chi connectivity index (χ2n) is 7.26. The number of methoxy groups -OCH3 is 1. The van der Waals surface area contributed by atoms with Gasteiger partial charge in [0.15, 0.2) is 0 Å². The fraction of sp³-hybridized carbons (Fsp3) is 0.333. The van der Waals surface area contributed by atoms with Crippen LogP contribution in [-0.4, -0.2) is 44.0 Å². The van der Waals surface area contributed by atoms with Gasteiger partial charge in [-0.2, -0.15) is 0 Å². The van der Waals surface area contributed by atoms with Crippen LogP contribution >= 0.6 is 12.4 Å². The average molecular weight is 406 g/mol. The third kappa shape index (κ3) is 5.97. The molecule has 28 heavy (non-hydrogen) atoms. The van der Waals surface area contributed by atoms with E-state index in [1.165, 1.54) is 0 Å². The van der Waals surface area contributed by atoms with Crippen molar-refractivity contribution in [1.82, 2.24) is 4.90 Å². The fourth-order valence-electron chi connectivity index (χ4n) is 2.70. The Labute approximate surface area is 172 Å². The van der Waals surface area contributed by atoms with E-state index in [0.29, 0.717) is 35.7 Å². The Morgan fingerprint density at radius 2 is 1.71 bits per heavy atom. The molecular weight excluding hydrogens is 378 g/mol. The lowest BCUT2D eigenvalue weighted by molar-refractivity contribution is 0.0741. The second-order valence-corrected chi connectivity index (χ2v) is 7.26. The Kier molecular flexibility index (Phi) is 8.47. The quantitative estimate of drug-likeness (QED) is 0.739. The van der Waals surface area contributed by atoms with E-state index in [-0.39, 0.29) is 29.6 Å². The number of para-hydroxylation sites is 1. The van der Waals surface area contributed by atoms with Crippen LogP contribution in [0.4, 0.5) is 5.69 Å². The molecule has 152 valence electrons. The van der Waals surface area contributed by atoms with Gasteiger partial charge in [-0.25, -0.2) is 0 Å². The number of hydrogen-bond donors (Lipinski definition) is 2. The van der Waals surface area contributed by atoms with Gasteiger partial charge in [0.25, 0.3) is 11.8 Å². The van der Waals surface area contributed by atoms with Crippen molar-refractivity contribution in [3.8, 4) is 5.75 Å². The van der Waals surface area contributed by atoms with Crippen molar-refractivity contribution in [2.75, 3.05) is 32.6 Å². The number of ether oxygens (including phenoxy) is 1. The van der Waals surface area contributed by atoms with Crippen molar-refractivity contribution >= 4 is 29.9 Å². The van der Waals surface area contributed by atoms with Gasteiger partial charge >= 0.3 is 0 Å². The number of rotatable bonds is 7. The van der Waals surface area contributed by atoms with E-state index in [0.717, 1.165) is 0 Å². The van der Waals surface area contributed by atoms with Crippen LogP contribution in [0, 0.1) is 5.41 Å². The zero-order chi connectivity index (χ0) is 20.0. The lowest BCUT2D eigenvalue weighted by Crippen LogP contribution is -2.40. The molecule has 0 radical (unpaired) electrons. The molecule has 0 atom stereocenters. The summed E-state index contributed by atoms with van der Waals surface area (Å²) >= 11 is 0. The smallest absolute Gasteiger partial charge is 0.255 e. The van der Waals surface area contributed by atoms with Gasteiger partial charge in [-0.15, -0.1) is 12.4 Å². The Morgan fingerprint density at radius 3 is 2.29 bits per heavy atom. The number of anilines is 1. The maximum absolute atomic E-state index is 12.9. The number of benzene rings is 2. The second kappa shape index (κ2) is 10.1. The molecule has 2 rings (SSSR count). The Morgan fingerprint density at radius 1 is 1.11 bits per heavy atom. The number of carbonyl (C=O) groups is 2. The zero-order valence-electron chi connectivity index (χ0n) is 16.7. The molecule has 0 heterocycles. The number of nitrogens with one attached hydrogen (secondary N) is 1. The van der Waals surface area contributed by atoms with Crippen molar-refractivity contribution in [2.45, 2.75) is 13.8 Å². The molecular formula is C21H28ClN3O3. The molecule has 0 unspecified atom stereocenters. The van der Waals surface area contributed by atoms with Crippen LogP contribution in [0.5, 0.6) is 5.75 Å². The number of halogens is 1. The topological polar surface area (TPSA) is 84.7 Å². The molecule has 6 nitrogen and oxygen atoms in total. The van der Waals surface area contributed by atoms with Gasteiger partial charge in [0.05, 0.1) is 18.4 Å². The Hall–Kier alpha value is -2.57. The zero-order valence-corrected chi connectivity index (χ0v) is 17.5. The summed E-state index contributed by atoms with van der Waals surface area (Å²) in [6.07, 6.45) is 0. The van der Waals surface area contributed by atoms with Crippen LogP contribution in [0.15, 0.2) is 48.5 Å². The van der Waals surface area contributed by atoms with Crippen molar-refractivity contribution in [3.63, 3.8) is 0 Å². The summed E-state index contributed by atoms with van der Waals surface area (Å²) in [6, 6.07) is 13.8. The third-order valence-corrected chi connectivity index (χ3v) is 4.32. The molecule has 0 aliphatic carbocycles. The first-order chi connectivity index (χ1) is 12.8. The predicted molar refractivity (Wildman–Crippen MR) is 114 cm³/mol. The van der Waals surface area contributed by atoms with Crippen molar-refractivity contribution < 1.29 is 14.3 Å². The van der Waals surface area contributed by atoms with E-state index in [1.807, 2.05) is 13.8 Å². The van der Waals surface area contributed by atoms with Crippen molar-refractivity contribution in [2.24, 2.45) is 11.1 Å². The molecule has 2 aromatic carbocycles. The largest absolute Gasteiger partial charge is 0.497 e.